The van der Waals surface area contributed by atoms with E-state index in [4.69, 9.17) is 0 Å². The van der Waals surface area contributed by atoms with Crippen molar-refractivity contribution in [2.24, 2.45) is 0 Å². The lowest BCUT2D eigenvalue weighted by molar-refractivity contribution is -0.655. The summed E-state index contributed by atoms with van der Waals surface area (Å²) in [6.07, 6.45) is 47.7. The summed E-state index contributed by atoms with van der Waals surface area (Å²) in [6, 6.07) is 0. The fraction of sp³-hybridized carbons (Fsp3) is 1.00. The highest BCUT2D eigenvalue weighted by Gasteiger charge is 2.05. The molecule has 0 saturated heterocycles. The molecule has 2 heteroatoms. The second-order valence-electron chi connectivity index (χ2n) is 12.2. The van der Waals surface area contributed by atoms with Gasteiger partial charge in [-0.25, -0.2) is 0 Å². The highest BCUT2D eigenvalue weighted by Crippen LogP contribution is 2.15. The maximum absolute atomic E-state index is 2.31. The first kappa shape index (κ1) is 41.2. The Hall–Kier alpha value is 1.02. The summed E-state index contributed by atoms with van der Waals surface area (Å²) < 4.78 is 3.21. The molecule has 0 aromatic carbocycles. The molecule has 0 spiro atoms. The van der Waals surface area contributed by atoms with Crippen LogP contribution in [0.2, 0.25) is 0 Å². The standard InChI is InChI=1S/C36H74I.ClH/c1-3-5-7-9-11-13-15-17-19-21-23-25-27-29-31-33-35-37-36-34-32-30-28-26-24-22-20-18-16-14-12-10-8-6-4-2;/h3-36H2,1-2H3;1H/q+1;/p-1. The summed E-state index contributed by atoms with van der Waals surface area (Å²) in [5, 5.41) is 0. The van der Waals surface area contributed by atoms with Crippen LogP contribution in [-0.2, 0) is 0 Å². The van der Waals surface area contributed by atoms with Crippen LogP contribution >= 0.6 is 0 Å². The van der Waals surface area contributed by atoms with E-state index in [2.05, 4.69) is 13.8 Å². The Morgan fingerprint density at radius 2 is 0.395 bits per heavy atom. The van der Waals surface area contributed by atoms with Crippen LogP contribution in [0, 0.1) is 0 Å². The number of alkyl halides is 2. The van der Waals surface area contributed by atoms with Gasteiger partial charge in [-0.15, -0.1) is 0 Å². The number of hydrogen-bond donors (Lipinski definition) is 0. The zero-order valence-electron chi connectivity index (χ0n) is 26.8. The van der Waals surface area contributed by atoms with Crippen molar-refractivity contribution in [3.63, 3.8) is 0 Å². The molecule has 0 fully saturated rings. The van der Waals surface area contributed by atoms with Gasteiger partial charge in [0.2, 0.25) is 0 Å². The number of hydrogen-bond acceptors (Lipinski definition) is 0. The van der Waals surface area contributed by atoms with E-state index in [1.807, 2.05) is 0 Å². The van der Waals surface area contributed by atoms with Crippen molar-refractivity contribution >= 4 is 0 Å². The minimum absolute atomic E-state index is 0. The number of halogens is 2. The lowest BCUT2D eigenvalue weighted by atomic mass is 10.0. The molecule has 0 unspecified atom stereocenters. The lowest BCUT2D eigenvalue weighted by Crippen LogP contribution is -3.63. The summed E-state index contributed by atoms with van der Waals surface area (Å²) in [7, 11) is 0. The molecule has 0 saturated carbocycles. The molecule has 0 bridgehead atoms. The third-order valence-electron chi connectivity index (χ3n) is 8.24. The van der Waals surface area contributed by atoms with Crippen LogP contribution in [0.15, 0.2) is 0 Å². The van der Waals surface area contributed by atoms with Gasteiger partial charge < -0.3 is 12.4 Å². The van der Waals surface area contributed by atoms with Crippen molar-refractivity contribution in [2.45, 2.75) is 219 Å². The van der Waals surface area contributed by atoms with Crippen LogP contribution in [0.4, 0.5) is 0 Å². The van der Waals surface area contributed by atoms with Gasteiger partial charge in [0, 0.05) is 0 Å². The van der Waals surface area contributed by atoms with Crippen molar-refractivity contribution in [2.75, 3.05) is 8.86 Å². The zero-order valence-corrected chi connectivity index (χ0v) is 29.7. The molecule has 0 aromatic heterocycles. The fourth-order valence-corrected chi connectivity index (χ4v) is 8.27. The maximum atomic E-state index is 2.31. The Morgan fingerprint density at radius 3 is 0.579 bits per heavy atom. The van der Waals surface area contributed by atoms with Crippen molar-refractivity contribution in [3.8, 4) is 0 Å². The molecule has 0 atom stereocenters. The van der Waals surface area contributed by atoms with E-state index in [9.17, 15) is 0 Å². The second-order valence-corrected chi connectivity index (χ2v) is 15.4. The average molecular weight is 669 g/mol. The van der Waals surface area contributed by atoms with Gasteiger partial charge in [0.05, 0.1) is 0 Å². The Morgan fingerprint density at radius 1 is 0.237 bits per heavy atom. The van der Waals surface area contributed by atoms with E-state index in [0.717, 1.165) is 0 Å². The van der Waals surface area contributed by atoms with Gasteiger partial charge in [-0.3, -0.25) is 0 Å². The van der Waals surface area contributed by atoms with E-state index in [1.165, 1.54) is 193 Å². The van der Waals surface area contributed by atoms with E-state index in [0.29, 0.717) is 21.2 Å². The van der Waals surface area contributed by atoms with E-state index >= 15 is 0 Å². The van der Waals surface area contributed by atoms with Crippen LogP contribution in [-0.4, -0.2) is 8.86 Å². The molecule has 0 rings (SSSR count). The van der Waals surface area contributed by atoms with Gasteiger partial charge in [-0.05, 0) is 25.7 Å². The summed E-state index contributed by atoms with van der Waals surface area (Å²) >= 11 is 0.535. The SMILES string of the molecule is CCCCCCCCCCCCCCCCCC[I+]CCCCCCCCCCCCCCCCCC.[Cl-]. The van der Waals surface area contributed by atoms with E-state index < -0.39 is 0 Å². The van der Waals surface area contributed by atoms with Crippen LogP contribution in [0.3, 0.4) is 0 Å². The van der Waals surface area contributed by atoms with Gasteiger partial charge in [0.25, 0.3) is 21.2 Å². The molecule has 0 aromatic rings. The Labute approximate surface area is 260 Å². The topological polar surface area (TPSA) is 0 Å². The minimum Gasteiger partial charge on any atom is -1.00 e. The largest absolute Gasteiger partial charge is 1.00 e. The zero-order chi connectivity index (χ0) is 26.7. The first-order chi connectivity index (χ1) is 18.4. The Bertz CT molecular complexity index is 338. The summed E-state index contributed by atoms with van der Waals surface area (Å²) in [4.78, 5) is 0. The molecular formula is C36H74ClI. The molecule has 38 heavy (non-hydrogen) atoms. The molecule has 232 valence electrons. The molecule has 0 radical (unpaired) electrons. The molecule has 0 heterocycles. The van der Waals surface area contributed by atoms with Crippen LogP contribution < -0.4 is 33.6 Å². The first-order valence-corrected chi connectivity index (χ1v) is 21.0. The summed E-state index contributed by atoms with van der Waals surface area (Å²) in [5.41, 5.74) is 0. The van der Waals surface area contributed by atoms with Crippen molar-refractivity contribution in [1.82, 2.24) is 0 Å². The fourth-order valence-electron chi connectivity index (χ4n) is 5.57. The Balaban J connectivity index is 0. The summed E-state index contributed by atoms with van der Waals surface area (Å²) in [6.45, 7) is 4.62. The second kappa shape index (κ2) is 40.2. The number of unbranched alkanes of at least 4 members (excludes halogenated alkanes) is 30. The molecule has 0 nitrogen and oxygen atoms in total. The van der Waals surface area contributed by atoms with Crippen LogP contribution in [0.5, 0.6) is 0 Å². The van der Waals surface area contributed by atoms with Crippen LogP contribution in [0.25, 0.3) is 0 Å². The molecule has 0 aliphatic carbocycles. The monoisotopic (exact) mass is 668 g/mol. The normalized spacial score (nSPS) is 11.2. The van der Waals surface area contributed by atoms with E-state index in [-0.39, 0.29) is 12.4 Å². The lowest BCUT2D eigenvalue weighted by Gasteiger charge is -2.03. The molecule has 0 amide bonds. The van der Waals surface area contributed by atoms with Gasteiger partial charge in [-0.2, -0.15) is 0 Å². The van der Waals surface area contributed by atoms with Crippen LogP contribution in [0.1, 0.15) is 219 Å². The van der Waals surface area contributed by atoms with Gasteiger partial charge >= 0.3 is 0 Å². The van der Waals surface area contributed by atoms with Crippen molar-refractivity contribution in [1.29, 1.82) is 0 Å². The quantitative estimate of drug-likeness (QED) is 0.0377. The highest BCUT2D eigenvalue weighted by molar-refractivity contribution is 4.51. The molecular weight excluding hydrogens is 595 g/mol. The summed E-state index contributed by atoms with van der Waals surface area (Å²) in [5.74, 6) is 0. The van der Waals surface area contributed by atoms with Crippen molar-refractivity contribution in [3.05, 3.63) is 0 Å². The van der Waals surface area contributed by atoms with Gasteiger partial charge in [0.15, 0.2) is 0 Å². The van der Waals surface area contributed by atoms with Gasteiger partial charge in [0.1, 0.15) is 8.86 Å². The predicted molar refractivity (Wildman–Crippen MR) is 169 cm³/mol. The smallest absolute Gasteiger partial charge is 0.268 e. The van der Waals surface area contributed by atoms with E-state index in [1.54, 1.807) is 21.7 Å². The average Bonchev–Trinajstić information content (AvgIpc) is 2.91. The van der Waals surface area contributed by atoms with Crippen molar-refractivity contribution < 1.29 is 33.6 Å². The molecule has 0 aliphatic rings. The minimum atomic E-state index is 0. The molecule has 0 N–H and O–H groups in total. The highest BCUT2D eigenvalue weighted by atomic mass is 127. The Kier molecular flexibility index (Phi) is 43.5. The third kappa shape index (κ3) is 39.2. The first-order valence-electron chi connectivity index (χ1n) is 17.9. The van der Waals surface area contributed by atoms with Gasteiger partial charge in [-0.1, -0.05) is 194 Å². The predicted octanol–water partition coefficient (Wildman–Crippen LogP) is 7.60. The molecule has 0 aliphatic heterocycles. The number of rotatable bonds is 34. The third-order valence-corrected chi connectivity index (χ3v) is 11.3. The maximum Gasteiger partial charge on any atom is 0.268 e.